The molecule has 0 aliphatic rings. The lowest BCUT2D eigenvalue weighted by Crippen LogP contribution is -2.15. The van der Waals surface area contributed by atoms with E-state index >= 15 is 0 Å². The first-order valence-electron chi connectivity index (χ1n) is 3.77. The molecule has 1 rings (SSSR count). The van der Waals surface area contributed by atoms with Crippen LogP contribution in [0.1, 0.15) is 17.2 Å². The summed E-state index contributed by atoms with van der Waals surface area (Å²) in [6, 6.07) is 5.58. The Labute approximate surface area is 92.7 Å². The molecule has 0 aliphatic carbocycles. The Morgan fingerprint density at radius 3 is 2.62 bits per heavy atom. The molecule has 0 radical (unpaired) electrons. The van der Waals surface area contributed by atoms with E-state index in [1.54, 1.807) is 0 Å². The standard InChI is InChI=1S/C9H12BrNO.ClH/c1-6-4-7(10)2-3-8(6)9(11)5-12;/h2-4,9,12H,5,11H2,1H3;1H/t9-;/m1./s1. The van der Waals surface area contributed by atoms with Crippen LogP contribution in [-0.4, -0.2) is 11.7 Å². The van der Waals surface area contributed by atoms with Crippen molar-refractivity contribution in [2.75, 3.05) is 6.61 Å². The number of aryl methyl sites for hydroxylation is 1. The average molecular weight is 267 g/mol. The van der Waals surface area contributed by atoms with E-state index in [1.165, 1.54) is 0 Å². The first kappa shape index (κ1) is 12.9. The average Bonchev–Trinajstić information content (AvgIpc) is 2.03. The van der Waals surface area contributed by atoms with Crippen LogP contribution >= 0.6 is 28.3 Å². The molecule has 2 nitrogen and oxygen atoms in total. The predicted molar refractivity (Wildman–Crippen MR) is 60.1 cm³/mol. The molecule has 0 unspecified atom stereocenters. The highest BCUT2D eigenvalue weighted by Gasteiger charge is 2.06. The third-order valence-corrected chi connectivity index (χ3v) is 2.32. The van der Waals surface area contributed by atoms with Gasteiger partial charge in [-0.2, -0.15) is 0 Å². The van der Waals surface area contributed by atoms with Gasteiger partial charge < -0.3 is 10.8 Å². The zero-order chi connectivity index (χ0) is 9.14. The van der Waals surface area contributed by atoms with E-state index in [2.05, 4.69) is 15.9 Å². The van der Waals surface area contributed by atoms with Crippen LogP contribution in [0.3, 0.4) is 0 Å². The van der Waals surface area contributed by atoms with Gasteiger partial charge in [-0.05, 0) is 30.2 Å². The Hall–Kier alpha value is -0.0900. The van der Waals surface area contributed by atoms with Gasteiger partial charge >= 0.3 is 0 Å². The summed E-state index contributed by atoms with van der Waals surface area (Å²) in [5.74, 6) is 0. The number of aliphatic hydroxyl groups is 1. The molecule has 0 bridgehead atoms. The van der Waals surface area contributed by atoms with Crippen molar-refractivity contribution in [1.29, 1.82) is 0 Å². The van der Waals surface area contributed by atoms with E-state index in [4.69, 9.17) is 10.8 Å². The Morgan fingerprint density at radius 1 is 1.54 bits per heavy atom. The van der Waals surface area contributed by atoms with Gasteiger partial charge in [-0.1, -0.05) is 22.0 Å². The fourth-order valence-electron chi connectivity index (χ4n) is 1.15. The van der Waals surface area contributed by atoms with E-state index in [-0.39, 0.29) is 25.1 Å². The summed E-state index contributed by atoms with van der Waals surface area (Å²) in [6.07, 6.45) is 0. The second-order valence-corrected chi connectivity index (χ2v) is 3.71. The van der Waals surface area contributed by atoms with E-state index in [1.807, 2.05) is 25.1 Å². The third kappa shape index (κ3) is 3.27. The molecule has 4 heteroatoms. The molecule has 0 saturated heterocycles. The fraction of sp³-hybridized carbons (Fsp3) is 0.333. The number of nitrogens with two attached hydrogens (primary N) is 1. The first-order chi connectivity index (χ1) is 5.65. The number of aliphatic hydroxyl groups excluding tert-OH is 1. The maximum absolute atomic E-state index is 8.85. The summed E-state index contributed by atoms with van der Waals surface area (Å²) < 4.78 is 1.04. The number of rotatable bonds is 2. The quantitative estimate of drug-likeness (QED) is 0.862. The minimum Gasteiger partial charge on any atom is -0.394 e. The Morgan fingerprint density at radius 2 is 2.15 bits per heavy atom. The lowest BCUT2D eigenvalue weighted by molar-refractivity contribution is 0.267. The Kier molecular flexibility index (Phi) is 5.56. The van der Waals surface area contributed by atoms with Crippen molar-refractivity contribution in [3.8, 4) is 0 Å². The highest BCUT2D eigenvalue weighted by Crippen LogP contribution is 2.19. The molecule has 1 atom stereocenters. The van der Waals surface area contributed by atoms with Gasteiger partial charge in [0, 0.05) is 4.47 Å². The van der Waals surface area contributed by atoms with Crippen molar-refractivity contribution in [2.45, 2.75) is 13.0 Å². The zero-order valence-corrected chi connectivity index (χ0v) is 9.73. The van der Waals surface area contributed by atoms with Crippen LogP contribution in [0.5, 0.6) is 0 Å². The molecule has 1 aromatic carbocycles. The molecule has 74 valence electrons. The molecule has 1 aromatic rings. The van der Waals surface area contributed by atoms with E-state index < -0.39 is 0 Å². The third-order valence-electron chi connectivity index (χ3n) is 1.83. The van der Waals surface area contributed by atoms with Crippen molar-refractivity contribution in [2.24, 2.45) is 5.73 Å². The minimum atomic E-state index is -0.266. The first-order valence-corrected chi connectivity index (χ1v) is 4.57. The van der Waals surface area contributed by atoms with Crippen LogP contribution in [-0.2, 0) is 0 Å². The topological polar surface area (TPSA) is 46.2 Å². The van der Waals surface area contributed by atoms with Gasteiger partial charge in [-0.15, -0.1) is 12.4 Å². The van der Waals surface area contributed by atoms with Crippen molar-refractivity contribution in [1.82, 2.24) is 0 Å². The molecule has 0 aromatic heterocycles. The maximum atomic E-state index is 8.85. The van der Waals surface area contributed by atoms with Crippen molar-refractivity contribution in [3.63, 3.8) is 0 Å². The largest absolute Gasteiger partial charge is 0.394 e. The van der Waals surface area contributed by atoms with Crippen LogP contribution in [0.25, 0.3) is 0 Å². The number of hydrogen-bond donors (Lipinski definition) is 2. The van der Waals surface area contributed by atoms with Crippen LogP contribution in [0, 0.1) is 6.92 Å². The van der Waals surface area contributed by atoms with Gasteiger partial charge in [0.1, 0.15) is 0 Å². The zero-order valence-electron chi connectivity index (χ0n) is 7.33. The molecule has 0 amide bonds. The van der Waals surface area contributed by atoms with E-state index in [9.17, 15) is 0 Å². The summed E-state index contributed by atoms with van der Waals surface area (Å²) in [7, 11) is 0. The summed E-state index contributed by atoms with van der Waals surface area (Å²) in [5, 5.41) is 8.85. The van der Waals surface area contributed by atoms with Gasteiger partial charge in [-0.3, -0.25) is 0 Å². The normalized spacial score (nSPS) is 12.0. The van der Waals surface area contributed by atoms with Gasteiger partial charge in [0.2, 0.25) is 0 Å². The highest BCUT2D eigenvalue weighted by atomic mass is 79.9. The second kappa shape index (κ2) is 5.60. The van der Waals surface area contributed by atoms with Crippen LogP contribution < -0.4 is 5.73 Å². The Bertz CT molecular complexity index is 280. The molecule has 0 fully saturated rings. The van der Waals surface area contributed by atoms with Gasteiger partial charge in [0.25, 0.3) is 0 Å². The maximum Gasteiger partial charge on any atom is 0.0624 e. The van der Waals surface area contributed by atoms with Crippen molar-refractivity contribution < 1.29 is 5.11 Å². The molecule has 0 aliphatic heterocycles. The number of benzene rings is 1. The molecule has 0 heterocycles. The van der Waals surface area contributed by atoms with Crippen LogP contribution in [0.15, 0.2) is 22.7 Å². The number of hydrogen-bond acceptors (Lipinski definition) is 2. The fourth-order valence-corrected chi connectivity index (χ4v) is 1.63. The lowest BCUT2D eigenvalue weighted by Gasteiger charge is -2.11. The molecular formula is C9H13BrClNO. The Balaban J connectivity index is 0.00000144. The molecule has 13 heavy (non-hydrogen) atoms. The van der Waals surface area contributed by atoms with E-state index in [0.29, 0.717) is 0 Å². The molecular weight excluding hydrogens is 253 g/mol. The summed E-state index contributed by atoms with van der Waals surface area (Å²) in [6.45, 7) is 1.97. The highest BCUT2D eigenvalue weighted by molar-refractivity contribution is 9.10. The van der Waals surface area contributed by atoms with Crippen molar-refractivity contribution >= 4 is 28.3 Å². The van der Waals surface area contributed by atoms with Crippen LogP contribution in [0.2, 0.25) is 0 Å². The van der Waals surface area contributed by atoms with Gasteiger partial charge in [0.15, 0.2) is 0 Å². The van der Waals surface area contributed by atoms with E-state index in [0.717, 1.165) is 15.6 Å². The summed E-state index contributed by atoms with van der Waals surface area (Å²) in [4.78, 5) is 0. The smallest absolute Gasteiger partial charge is 0.0624 e. The number of halogens is 2. The minimum absolute atomic E-state index is 0. The lowest BCUT2D eigenvalue weighted by atomic mass is 10.0. The van der Waals surface area contributed by atoms with Crippen LogP contribution in [0.4, 0.5) is 0 Å². The molecule has 0 spiro atoms. The summed E-state index contributed by atoms with van der Waals surface area (Å²) >= 11 is 3.36. The predicted octanol–water partition coefficient (Wildman–Crippen LogP) is 2.17. The molecule has 0 saturated carbocycles. The van der Waals surface area contributed by atoms with Gasteiger partial charge in [-0.25, -0.2) is 0 Å². The summed E-state index contributed by atoms with van der Waals surface area (Å²) in [5.41, 5.74) is 7.78. The monoisotopic (exact) mass is 265 g/mol. The van der Waals surface area contributed by atoms with Crippen molar-refractivity contribution in [3.05, 3.63) is 33.8 Å². The SMILES string of the molecule is Cc1cc(Br)ccc1[C@H](N)CO.Cl. The second-order valence-electron chi connectivity index (χ2n) is 2.79. The molecule has 3 N–H and O–H groups in total. The van der Waals surface area contributed by atoms with Gasteiger partial charge in [0.05, 0.1) is 12.6 Å².